The van der Waals surface area contributed by atoms with Gasteiger partial charge >= 0.3 is 5.97 Å². The van der Waals surface area contributed by atoms with Gasteiger partial charge in [0, 0.05) is 18.1 Å². The first-order chi connectivity index (χ1) is 8.82. The summed E-state index contributed by atoms with van der Waals surface area (Å²) < 4.78 is 26.2. The molecule has 1 heterocycles. The normalized spacial score (nSPS) is 24.6. The molecule has 2 unspecified atom stereocenters. The number of aromatic nitrogens is 2. The third-order valence-electron chi connectivity index (χ3n) is 3.93. The number of hydrogen-bond acceptors (Lipinski definition) is 2. The number of rotatable bonds is 2. The Bertz CT molecular complexity index is 654. The number of aromatic amines is 1. The molecule has 1 aromatic heterocycles. The molecule has 3 rings (SSSR count). The lowest BCUT2D eigenvalue weighted by Crippen LogP contribution is -2.03. The monoisotopic (exact) mass is 266 g/mol. The fourth-order valence-electron chi connectivity index (χ4n) is 2.78. The van der Waals surface area contributed by atoms with Crippen molar-refractivity contribution in [2.24, 2.45) is 11.3 Å². The summed E-state index contributed by atoms with van der Waals surface area (Å²) in [5.74, 6) is -3.11. The maximum absolute atomic E-state index is 13.1. The van der Waals surface area contributed by atoms with Gasteiger partial charge in [-0.3, -0.25) is 4.79 Å². The number of aliphatic carboxylic acids is 1. The van der Waals surface area contributed by atoms with Crippen LogP contribution in [0.25, 0.3) is 11.0 Å². The van der Waals surface area contributed by atoms with Crippen LogP contribution in [0.1, 0.15) is 25.6 Å². The van der Waals surface area contributed by atoms with E-state index in [2.05, 4.69) is 9.97 Å². The number of nitrogens with zero attached hydrogens (tertiary/aromatic N) is 1. The highest BCUT2D eigenvalue weighted by atomic mass is 19.2. The highest BCUT2D eigenvalue weighted by Crippen LogP contribution is 2.63. The third-order valence-corrected chi connectivity index (χ3v) is 3.93. The summed E-state index contributed by atoms with van der Waals surface area (Å²) in [5, 5.41) is 9.12. The molecule has 19 heavy (non-hydrogen) atoms. The molecule has 0 radical (unpaired) electrons. The summed E-state index contributed by atoms with van der Waals surface area (Å²) in [6.45, 7) is 3.68. The van der Waals surface area contributed by atoms with E-state index in [1.807, 2.05) is 13.8 Å². The number of nitrogens with one attached hydrogen (secondary N) is 1. The molecule has 100 valence electrons. The van der Waals surface area contributed by atoms with Crippen molar-refractivity contribution in [2.75, 3.05) is 0 Å². The van der Waals surface area contributed by atoms with Gasteiger partial charge in [0.25, 0.3) is 0 Å². The standard InChI is InChI=1S/C13H12F2N2O2/c1-13(2)9(10(13)12(18)19)11-16-7-3-5(14)6(15)4-8(7)17-11/h3-4,9-10H,1-2H3,(H,16,17)(H,18,19). The predicted octanol–water partition coefficient (Wildman–Crippen LogP) is 2.67. The van der Waals surface area contributed by atoms with E-state index in [0.717, 1.165) is 12.1 Å². The molecule has 1 aliphatic carbocycles. The number of carboxylic acid groups (broad SMARTS) is 1. The van der Waals surface area contributed by atoms with Crippen molar-refractivity contribution in [1.29, 1.82) is 0 Å². The van der Waals surface area contributed by atoms with Gasteiger partial charge in [-0.05, 0) is 5.41 Å². The summed E-state index contributed by atoms with van der Waals surface area (Å²) in [6, 6.07) is 2.04. The number of H-pyrrole nitrogens is 1. The van der Waals surface area contributed by atoms with E-state index in [9.17, 15) is 13.6 Å². The molecule has 1 saturated carbocycles. The van der Waals surface area contributed by atoms with Gasteiger partial charge in [0.2, 0.25) is 0 Å². The van der Waals surface area contributed by atoms with Gasteiger partial charge in [0.1, 0.15) is 5.82 Å². The zero-order valence-corrected chi connectivity index (χ0v) is 10.4. The van der Waals surface area contributed by atoms with Gasteiger partial charge in [-0.15, -0.1) is 0 Å². The molecule has 2 aromatic rings. The minimum atomic E-state index is -0.963. The number of benzene rings is 1. The largest absolute Gasteiger partial charge is 0.481 e. The Morgan fingerprint density at radius 3 is 2.58 bits per heavy atom. The molecule has 2 atom stereocenters. The molecule has 6 heteroatoms. The molecule has 1 aliphatic rings. The highest BCUT2D eigenvalue weighted by Gasteiger charge is 2.64. The fraction of sp³-hybridized carbons (Fsp3) is 0.385. The maximum Gasteiger partial charge on any atom is 0.307 e. The quantitative estimate of drug-likeness (QED) is 0.878. The Labute approximate surface area is 107 Å². The van der Waals surface area contributed by atoms with Gasteiger partial charge in [-0.25, -0.2) is 13.8 Å². The second kappa shape index (κ2) is 3.53. The maximum atomic E-state index is 13.1. The van der Waals surface area contributed by atoms with Gasteiger partial charge < -0.3 is 10.1 Å². The van der Waals surface area contributed by atoms with Crippen molar-refractivity contribution in [3.63, 3.8) is 0 Å². The van der Waals surface area contributed by atoms with Crippen molar-refractivity contribution in [2.45, 2.75) is 19.8 Å². The molecule has 4 nitrogen and oxygen atoms in total. The second-order valence-corrected chi connectivity index (χ2v) is 5.52. The number of carboxylic acids is 1. The van der Waals surface area contributed by atoms with Gasteiger partial charge in [-0.2, -0.15) is 0 Å². The Hall–Kier alpha value is -1.98. The lowest BCUT2D eigenvalue weighted by Gasteiger charge is -1.97. The first-order valence-corrected chi connectivity index (χ1v) is 5.90. The smallest absolute Gasteiger partial charge is 0.307 e. The molecule has 2 N–H and O–H groups in total. The molecule has 0 aliphatic heterocycles. The Balaban J connectivity index is 2.06. The summed E-state index contributed by atoms with van der Waals surface area (Å²) in [5.41, 5.74) is 0.276. The summed E-state index contributed by atoms with van der Waals surface area (Å²) in [6.07, 6.45) is 0. The Kier molecular flexibility index (Phi) is 2.24. The van der Waals surface area contributed by atoms with E-state index < -0.39 is 28.9 Å². The topological polar surface area (TPSA) is 66.0 Å². The molecule has 1 aromatic carbocycles. The summed E-state index contributed by atoms with van der Waals surface area (Å²) in [4.78, 5) is 18.2. The van der Waals surface area contributed by atoms with E-state index in [4.69, 9.17) is 5.11 Å². The van der Waals surface area contributed by atoms with E-state index in [1.54, 1.807) is 0 Å². The van der Waals surface area contributed by atoms with Gasteiger partial charge in [0.05, 0.1) is 17.0 Å². The summed E-state index contributed by atoms with van der Waals surface area (Å²) in [7, 11) is 0. The first-order valence-electron chi connectivity index (χ1n) is 5.90. The molecular weight excluding hydrogens is 254 g/mol. The van der Waals surface area contributed by atoms with Crippen LogP contribution in [-0.4, -0.2) is 21.0 Å². The van der Waals surface area contributed by atoms with E-state index >= 15 is 0 Å². The van der Waals surface area contributed by atoms with Crippen LogP contribution in [-0.2, 0) is 4.79 Å². The summed E-state index contributed by atoms with van der Waals surface area (Å²) >= 11 is 0. The van der Waals surface area contributed by atoms with Crippen molar-refractivity contribution in [3.8, 4) is 0 Å². The van der Waals surface area contributed by atoms with E-state index in [0.29, 0.717) is 16.9 Å². The molecule has 1 fully saturated rings. The second-order valence-electron chi connectivity index (χ2n) is 5.52. The lowest BCUT2D eigenvalue weighted by atomic mass is 10.1. The van der Waals surface area contributed by atoms with Crippen molar-refractivity contribution < 1.29 is 18.7 Å². The first kappa shape index (κ1) is 12.1. The number of imidazole rings is 1. The molecule has 0 amide bonds. The highest BCUT2D eigenvalue weighted by molar-refractivity contribution is 5.79. The van der Waals surface area contributed by atoms with Crippen LogP contribution in [0, 0.1) is 23.0 Å². The van der Waals surface area contributed by atoms with Crippen LogP contribution in [0.3, 0.4) is 0 Å². The SMILES string of the molecule is CC1(C)C(C(=O)O)C1c1nc2cc(F)c(F)cc2[nH]1. The molecule has 0 spiro atoms. The molecule has 0 saturated heterocycles. The van der Waals surface area contributed by atoms with Crippen LogP contribution >= 0.6 is 0 Å². The predicted molar refractivity (Wildman–Crippen MR) is 63.7 cm³/mol. The minimum Gasteiger partial charge on any atom is -0.481 e. The van der Waals surface area contributed by atoms with Gasteiger partial charge in [0.15, 0.2) is 11.6 Å². The van der Waals surface area contributed by atoms with Crippen LogP contribution in [0.2, 0.25) is 0 Å². The van der Waals surface area contributed by atoms with Crippen LogP contribution in [0.15, 0.2) is 12.1 Å². The zero-order chi connectivity index (χ0) is 13.9. The van der Waals surface area contributed by atoms with E-state index in [-0.39, 0.29) is 5.92 Å². The molecule has 0 bridgehead atoms. The minimum absolute atomic E-state index is 0.261. The number of carbonyl (C=O) groups is 1. The average molecular weight is 266 g/mol. The number of hydrogen-bond donors (Lipinski definition) is 2. The van der Waals surface area contributed by atoms with Crippen LogP contribution < -0.4 is 0 Å². The number of fused-ring (bicyclic) bond motifs is 1. The van der Waals surface area contributed by atoms with Crippen LogP contribution in [0.5, 0.6) is 0 Å². The zero-order valence-electron chi connectivity index (χ0n) is 10.4. The lowest BCUT2D eigenvalue weighted by molar-refractivity contribution is -0.139. The Morgan fingerprint density at radius 1 is 1.37 bits per heavy atom. The van der Waals surface area contributed by atoms with Crippen molar-refractivity contribution >= 4 is 17.0 Å². The Morgan fingerprint density at radius 2 is 2.00 bits per heavy atom. The van der Waals surface area contributed by atoms with Crippen molar-refractivity contribution in [1.82, 2.24) is 9.97 Å². The van der Waals surface area contributed by atoms with Gasteiger partial charge in [-0.1, -0.05) is 13.8 Å². The third kappa shape index (κ3) is 1.63. The van der Waals surface area contributed by atoms with Crippen molar-refractivity contribution in [3.05, 3.63) is 29.6 Å². The fourth-order valence-corrected chi connectivity index (χ4v) is 2.78. The average Bonchev–Trinajstić information content (AvgIpc) is 2.67. The van der Waals surface area contributed by atoms with E-state index in [1.165, 1.54) is 0 Å². The molecular formula is C13H12F2N2O2. The number of halogens is 2. The van der Waals surface area contributed by atoms with Crippen LogP contribution in [0.4, 0.5) is 8.78 Å².